The van der Waals surface area contributed by atoms with E-state index in [0.29, 0.717) is 17.0 Å². The molecule has 3 rings (SSSR count). The fourth-order valence-electron chi connectivity index (χ4n) is 2.26. The van der Waals surface area contributed by atoms with Crippen LogP contribution >= 0.6 is 23.6 Å². The van der Waals surface area contributed by atoms with Gasteiger partial charge in [-0.2, -0.15) is 0 Å². The van der Waals surface area contributed by atoms with Gasteiger partial charge in [-0.25, -0.2) is 0 Å². The lowest BCUT2D eigenvalue weighted by Crippen LogP contribution is -2.27. The number of aromatic amines is 1. The number of nitrogens with zero attached hydrogens (tertiary/aromatic N) is 2. The fraction of sp³-hybridized carbons (Fsp3) is 0.125. The molecule has 0 spiro atoms. The number of hydrogen-bond donors (Lipinski definition) is 1. The van der Waals surface area contributed by atoms with Crippen molar-refractivity contribution in [1.82, 2.24) is 14.5 Å². The van der Waals surface area contributed by atoms with E-state index in [1.54, 1.807) is 34.0 Å². The van der Waals surface area contributed by atoms with Crippen molar-refractivity contribution in [2.75, 3.05) is 7.05 Å². The Morgan fingerprint density at radius 2 is 2.05 bits per heavy atom. The Balaban J connectivity index is 1.92. The number of benzene rings is 1. The largest absolute Gasteiger partial charge is 0.336 e. The topological polar surface area (TPSA) is 41.0 Å². The third-order valence-corrected chi connectivity index (χ3v) is 4.49. The standard InChI is InChI=1S/C16H15N3OS2/c1-18(11-13-8-5-9-22-13)15(20)14-10-17-16(21)19(14)12-6-3-2-4-7-12/h2-10H,11H2,1H3,(H,17,21). The van der Waals surface area contributed by atoms with Gasteiger partial charge in [-0.15, -0.1) is 11.3 Å². The molecule has 112 valence electrons. The molecule has 0 radical (unpaired) electrons. The summed E-state index contributed by atoms with van der Waals surface area (Å²) in [6.07, 6.45) is 1.67. The first-order valence-electron chi connectivity index (χ1n) is 6.80. The molecule has 3 aromatic rings. The molecule has 2 aromatic heterocycles. The zero-order valence-corrected chi connectivity index (χ0v) is 13.7. The summed E-state index contributed by atoms with van der Waals surface area (Å²) in [6, 6.07) is 13.7. The van der Waals surface area contributed by atoms with Crippen molar-refractivity contribution in [3.63, 3.8) is 0 Å². The molecular formula is C16H15N3OS2. The van der Waals surface area contributed by atoms with Crippen molar-refractivity contribution in [1.29, 1.82) is 0 Å². The van der Waals surface area contributed by atoms with E-state index in [-0.39, 0.29) is 5.91 Å². The highest BCUT2D eigenvalue weighted by Crippen LogP contribution is 2.16. The van der Waals surface area contributed by atoms with Gasteiger partial charge in [-0.05, 0) is 35.8 Å². The number of imidazole rings is 1. The Hall–Kier alpha value is -2.18. The zero-order chi connectivity index (χ0) is 15.5. The van der Waals surface area contributed by atoms with E-state index in [2.05, 4.69) is 4.98 Å². The van der Waals surface area contributed by atoms with Crippen molar-refractivity contribution < 1.29 is 4.79 Å². The maximum Gasteiger partial charge on any atom is 0.272 e. The van der Waals surface area contributed by atoms with Gasteiger partial charge in [0.05, 0.1) is 6.54 Å². The second-order valence-electron chi connectivity index (χ2n) is 4.89. The van der Waals surface area contributed by atoms with Gasteiger partial charge in [0.15, 0.2) is 4.77 Å². The maximum absolute atomic E-state index is 12.7. The van der Waals surface area contributed by atoms with Gasteiger partial charge in [0.2, 0.25) is 0 Å². The van der Waals surface area contributed by atoms with E-state index in [1.165, 1.54) is 0 Å². The Bertz CT molecular complexity index is 819. The highest BCUT2D eigenvalue weighted by atomic mass is 32.1. The van der Waals surface area contributed by atoms with Gasteiger partial charge >= 0.3 is 0 Å². The molecular weight excluding hydrogens is 314 g/mol. The zero-order valence-electron chi connectivity index (χ0n) is 12.0. The van der Waals surface area contributed by atoms with Gasteiger partial charge in [-0.1, -0.05) is 24.3 Å². The van der Waals surface area contributed by atoms with E-state index in [4.69, 9.17) is 12.2 Å². The normalized spacial score (nSPS) is 10.6. The minimum absolute atomic E-state index is 0.0652. The summed E-state index contributed by atoms with van der Waals surface area (Å²) in [7, 11) is 1.80. The first-order valence-corrected chi connectivity index (χ1v) is 8.09. The summed E-state index contributed by atoms with van der Waals surface area (Å²) < 4.78 is 2.28. The van der Waals surface area contributed by atoms with Crippen LogP contribution in [0.4, 0.5) is 0 Å². The first kappa shape index (κ1) is 14.7. The Kier molecular flexibility index (Phi) is 4.22. The summed E-state index contributed by atoms with van der Waals surface area (Å²) in [6.45, 7) is 0.587. The lowest BCUT2D eigenvalue weighted by atomic mass is 10.3. The van der Waals surface area contributed by atoms with Crippen LogP contribution in [0, 0.1) is 4.77 Å². The number of carbonyl (C=O) groups is 1. The molecule has 0 saturated heterocycles. The van der Waals surface area contributed by atoms with Crippen molar-refractivity contribution >= 4 is 29.5 Å². The van der Waals surface area contributed by atoms with E-state index in [9.17, 15) is 4.79 Å². The van der Waals surface area contributed by atoms with E-state index in [1.807, 2.05) is 47.8 Å². The molecule has 0 fully saturated rings. The molecule has 0 aliphatic carbocycles. The molecule has 0 atom stereocenters. The molecule has 0 aliphatic rings. The number of hydrogen-bond acceptors (Lipinski definition) is 3. The van der Waals surface area contributed by atoms with Crippen molar-refractivity contribution in [2.45, 2.75) is 6.54 Å². The number of nitrogens with one attached hydrogen (secondary N) is 1. The van der Waals surface area contributed by atoms with Gasteiger partial charge in [0.25, 0.3) is 5.91 Å². The lowest BCUT2D eigenvalue weighted by Gasteiger charge is -2.17. The number of carbonyl (C=O) groups excluding carboxylic acids is 1. The molecule has 0 saturated carbocycles. The average molecular weight is 329 g/mol. The van der Waals surface area contributed by atoms with Crippen LogP contribution in [-0.2, 0) is 6.54 Å². The SMILES string of the molecule is CN(Cc1cccs1)C(=O)c1c[nH]c(=S)n1-c1ccccc1. The van der Waals surface area contributed by atoms with Crippen LogP contribution in [0.1, 0.15) is 15.4 Å². The number of aromatic nitrogens is 2. The molecule has 4 nitrogen and oxygen atoms in total. The molecule has 6 heteroatoms. The second-order valence-corrected chi connectivity index (χ2v) is 6.31. The minimum atomic E-state index is -0.0652. The van der Waals surface area contributed by atoms with Crippen LogP contribution in [-0.4, -0.2) is 27.4 Å². The monoisotopic (exact) mass is 329 g/mol. The molecule has 0 bridgehead atoms. The molecule has 1 N–H and O–H groups in total. The quantitative estimate of drug-likeness (QED) is 0.738. The van der Waals surface area contributed by atoms with Gasteiger partial charge in [-0.3, -0.25) is 9.36 Å². The third kappa shape index (κ3) is 2.88. The average Bonchev–Trinajstić information content (AvgIpc) is 3.17. The highest BCUT2D eigenvalue weighted by molar-refractivity contribution is 7.71. The number of rotatable bonds is 4. The van der Waals surface area contributed by atoms with E-state index in [0.717, 1.165) is 10.6 Å². The summed E-state index contributed by atoms with van der Waals surface area (Å²) >= 11 is 6.96. The van der Waals surface area contributed by atoms with Crippen LogP contribution < -0.4 is 0 Å². The minimum Gasteiger partial charge on any atom is -0.336 e. The molecule has 0 aliphatic heterocycles. The highest BCUT2D eigenvalue weighted by Gasteiger charge is 2.18. The smallest absolute Gasteiger partial charge is 0.272 e. The summed E-state index contributed by atoms with van der Waals surface area (Å²) in [5.74, 6) is -0.0652. The third-order valence-electron chi connectivity index (χ3n) is 3.33. The predicted molar refractivity (Wildman–Crippen MR) is 91.1 cm³/mol. The Morgan fingerprint density at radius 1 is 1.27 bits per heavy atom. The maximum atomic E-state index is 12.7. The van der Waals surface area contributed by atoms with Gasteiger partial charge < -0.3 is 9.88 Å². The number of thiophene rings is 1. The van der Waals surface area contributed by atoms with Gasteiger partial charge in [0.1, 0.15) is 5.69 Å². The van der Waals surface area contributed by atoms with Crippen LogP contribution in [0.15, 0.2) is 54.0 Å². The van der Waals surface area contributed by atoms with Crippen LogP contribution in [0.2, 0.25) is 0 Å². The number of H-pyrrole nitrogens is 1. The molecule has 1 aromatic carbocycles. The summed E-state index contributed by atoms with van der Waals surface area (Å²) in [5.41, 5.74) is 1.41. The van der Waals surface area contributed by atoms with E-state index >= 15 is 0 Å². The molecule has 22 heavy (non-hydrogen) atoms. The van der Waals surface area contributed by atoms with Crippen LogP contribution in [0.3, 0.4) is 0 Å². The summed E-state index contributed by atoms with van der Waals surface area (Å²) in [5, 5.41) is 2.01. The predicted octanol–water partition coefficient (Wildman–Crippen LogP) is 3.87. The molecule has 0 unspecified atom stereocenters. The number of amides is 1. The van der Waals surface area contributed by atoms with Crippen LogP contribution in [0.5, 0.6) is 0 Å². The second kappa shape index (κ2) is 6.29. The molecule has 1 amide bonds. The fourth-order valence-corrected chi connectivity index (χ4v) is 3.28. The van der Waals surface area contributed by atoms with Gasteiger partial charge in [0, 0.05) is 23.8 Å². The Labute approximate surface area is 137 Å². The Morgan fingerprint density at radius 3 is 2.73 bits per heavy atom. The van der Waals surface area contributed by atoms with E-state index < -0.39 is 0 Å². The molecule has 2 heterocycles. The van der Waals surface area contributed by atoms with Crippen LogP contribution in [0.25, 0.3) is 5.69 Å². The first-order chi connectivity index (χ1) is 10.7. The van der Waals surface area contributed by atoms with Crippen molar-refractivity contribution in [3.8, 4) is 5.69 Å². The van der Waals surface area contributed by atoms with Crippen molar-refractivity contribution in [2.24, 2.45) is 0 Å². The van der Waals surface area contributed by atoms with Crippen molar-refractivity contribution in [3.05, 3.63) is 69.4 Å². The lowest BCUT2D eigenvalue weighted by molar-refractivity contribution is 0.0778. The number of para-hydroxylation sites is 1. The summed E-state index contributed by atoms with van der Waals surface area (Å²) in [4.78, 5) is 18.5.